The van der Waals surface area contributed by atoms with E-state index in [4.69, 9.17) is 9.15 Å². The van der Waals surface area contributed by atoms with Crippen LogP contribution in [0.25, 0.3) is 11.5 Å². The summed E-state index contributed by atoms with van der Waals surface area (Å²) in [5.41, 5.74) is 3.78. The third-order valence-electron chi connectivity index (χ3n) is 5.06. The van der Waals surface area contributed by atoms with Crippen molar-refractivity contribution >= 4 is 5.91 Å². The van der Waals surface area contributed by atoms with E-state index in [1.807, 2.05) is 92.7 Å². The van der Waals surface area contributed by atoms with Gasteiger partial charge < -0.3 is 14.5 Å². The molecule has 0 aliphatic carbocycles. The Labute approximate surface area is 180 Å². The minimum Gasteiger partial charge on any atom is -0.483 e. The molecular formula is C25H23N3O3. The number of rotatable bonds is 7. The summed E-state index contributed by atoms with van der Waals surface area (Å²) in [6, 6.07) is 24.2. The number of aromatic nitrogens is 2. The fourth-order valence-electron chi connectivity index (χ4n) is 3.21. The third-order valence-corrected chi connectivity index (χ3v) is 5.06. The van der Waals surface area contributed by atoms with E-state index in [1.54, 1.807) is 0 Å². The van der Waals surface area contributed by atoms with E-state index in [0.29, 0.717) is 17.5 Å². The van der Waals surface area contributed by atoms with Crippen molar-refractivity contribution in [3.05, 3.63) is 101 Å². The zero-order valence-corrected chi connectivity index (χ0v) is 17.4. The van der Waals surface area contributed by atoms with Gasteiger partial charge >= 0.3 is 0 Å². The number of ether oxygens (including phenoxy) is 1. The molecule has 0 fully saturated rings. The molecule has 0 spiro atoms. The summed E-state index contributed by atoms with van der Waals surface area (Å²) in [6.45, 7) is 3.86. The summed E-state index contributed by atoms with van der Waals surface area (Å²) in [4.78, 5) is 12.7. The van der Waals surface area contributed by atoms with Crippen LogP contribution in [-0.2, 0) is 4.79 Å². The van der Waals surface area contributed by atoms with E-state index in [1.165, 1.54) is 0 Å². The average Bonchev–Trinajstić information content (AvgIpc) is 3.30. The molecule has 0 saturated heterocycles. The molecule has 0 saturated carbocycles. The van der Waals surface area contributed by atoms with Crippen LogP contribution in [0.5, 0.6) is 5.75 Å². The Morgan fingerprint density at radius 3 is 2.39 bits per heavy atom. The normalized spacial score (nSPS) is 11.7. The molecule has 3 aromatic carbocycles. The zero-order chi connectivity index (χ0) is 21.6. The lowest BCUT2D eigenvalue weighted by Crippen LogP contribution is -2.33. The van der Waals surface area contributed by atoms with Crippen LogP contribution in [0.1, 0.15) is 28.6 Å². The number of nitrogens with zero attached hydrogens (tertiary/aromatic N) is 2. The minimum atomic E-state index is -0.583. The van der Waals surface area contributed by atoms with Gasteiger partial charge in [0, 0.05) is 5.56 Å². The van der Waals surface area contributed by atoms with Crippen molar-refractivity contribution < 1.29 is 13.9 Å². The summed E-state index contributed by atoms with van der Waals surface area (Å²) < 4.78 is 11.7. The lowest BCUT2D eigenvalue weighted by atomic mass is 10.1. The number of hydrogen-bond donors (Lipinski definition) is 1. The zero-order valence-electron chi connectivity index (χ0n) is 17.4. The van der Waals surface area contributed by atoms with E-state index >= 15 is 0 Å². The fraction of sp³-hybridized carbons (Fsp3) is 0.160. The quantitative estimate of drug-likeness (QED) is 0.478. The lowest BCUT2D eigenvalue weighted by Gasteiger charge is -2.16. The predicted molar refractivity (Wildman–Crippen MR) is 118 cm³/mol. The summed E-state index contributed by atoms with van der Waals surface area (Å²) in [6.07, 6.45) is 0. The lowest BCUT2D eigenvalue weighted by molar-refractivity contribution is -0.123. The van der Waals surface area contributed by atoms with Crippen molar-refractivity contribution in [1.29, 1.82) is 0 Å². The maximum atomic E-state index is 12.7. The van der Waals surface area contributed by atoms with Crippen LogP contribution in [0, 0.1) is 13.8 Å². The smallest absolute Gasteiger partial charge is 0.258 e. The molecule has 0 bridgehead atoms. The van der Waals surface area contributed by atoms with Gasteiger partial charge in [0.1, 0.15) is 11.8 Å². The molecule has 4 rings (SSSR count). The van der Waals surface area contributed by atoms with Crippen LogP contribution in [0.2, 0.25) is 0 Å². The topological polar surface area (TPSA) is 77.2 Å². The highest BCUT2D eigenvalue weighted by Gasteiger charge is 2.23. The Morgan fingerprint density at radius 1 is 0.935 bits per heavy atom. The Morgan fingerprint density at radius 2 is 1.65 bits per heavy atom. The summed E-state index contributed by atoms with van der Waals surface area (Å²) >= 11 is 0. The van der Waals surface area contributed by atoms with Crippen molar-refractivity contribution in [3.8, 4) is 17.2 Å². The standard InChI is InChI=1S/C25H23N3O3/c1-17-10-9-15-21(18(17)2)30-16-22(29)26-23(19-11-5-3-6-12-19)25-28-27-24(31-25)20-13-7-4-8-14-20/h3-15,23H,16H2,1-2H3,(H,26,29)/t23-/m0/s1. The first-order valence-electron chi connectivity index (χ1n) is 10.0. The van der Waals surface area contributed by atoms with E-state index in [9.17, 15) is 4.79 Å². The highest BCUT2D eigenvalue weighted by molar-refractivity contribution is 5.78. The first kappa shape index (κ1) is 20.3. The predicted octanol–water partition coefficient (Wildman–Crippen LogP) is 4.64. The Hall–Kier alpha value is -3.93. The number of hydrogen-bond acceptors (Lipinski definition) is 5. The molecule has 0 radical (unpaired) electrons. The SMILES string of the molecule is Cc1cccc(OCC(=O)N[C@@H](c2ccccc2)c2nnc(-c3ccccc3)o2)c1C. The maximum absolute atomic E-state index is 12.7. The van der Waals surface area contributed by atoms with Crippen LogP contribution < -0.4 is 10.1 Å². The molecule has 6 nitrogen and oxygen atoms in total. The van der Waals surface area contributed by atoms with Crippen LogP contribution in [-0.4, -0.2) is 22.7 Å². The minimum absolute atomic E-state index is 0.118. The maximum Gasteiger partial charge on any atom is 0.258 e. The molecule has 4 aromatic rings. The number of aryl methyl sites for hydroxylation is 1. The first-order valence-corrected chi connectivity index (χ1v) is 10.0. The summed E-state index contributed by atoms with van der Waals surface area (Å²) in [7, 11) is 0. The highest BCUT2D eigenvalue weighted by atomic mass is 16.5. The monoisotopic (exact) mass is 413 g/mol. The average molecular weight is 413 g/mol. The molecule has 1 heterocycles. The van der Waals surface area contributed by atoms with E-state index in [0.717, 1.165) is 22.3 Å². The van der Waals surface area contributed by atoms with Gasteiger partial charge in [0.15, 0.2) is 6.61 Å². The van der Waals surface area contributed by atoms with Gasteiger partial charge in [0.25, 0.3) is 5.91 Å². The van der Waals surface area contributed by atoms with Crippen LogP contribution in [0.15, 0.2) is 83.3 Å². The largest absolute Gasteiger partial charge is 0.483 e. The van der Waals surface area contributed by atoms with Crippen LogP contribution >= 0.6 is 0 Å². The molecule has 0 aliphatic rings. The van der Waals surface area contributed by atoms with Crippen molar-refractivity contribution in [1.82, 2.24) is 15.5 Å². The van der Waals surface area contributed by atoms with Crippen molar-refractivity contribution in [2.45, 2.75) is 19.9 Å². The Bertz CT molecular complexity index is 1160. The number of carbonyl (C=O) groups is 1. The summed E-state index contributed by atoms with van der Waals surface area (Å²) in [5, 5.41) is 11.3. The van der Waals surface area contributed by atoms with Gasteiger partial charge in [-0.15, -0.1) is 10.2 Å². The summed E-state index contributed by atoms with van der Waals surface area (Å²) in [5.74, 6) is 1.12. The second-order valence-corrected chi connectivity index (χ2v) is 7.21. The highest BCUT2D eigenvalue weighted by Crippen LogP contribution is 2.25. The van der Waals surface area contributed by atoms with Crippen molar-refractivity contribution in [2.24, 2.45) is 0 Å². The van der Waals surface area contributed by atoms with E-state index in [-0.39, 0.29) is 12.5 Å². The van der Waals surface area contributed by atoms with Crippen LogP contribution in [0.4, 0.5) is 0 Å². The molecule has 1 N–H and O–H groups in total. The first-order chi connectivity index (χ1) is 15.1. The molecule has 1 atom stereocenters. The third kappa shape index (κ3) is 4.80. The van der Waals surface area contributed by atoms with Gasteiger partial charge in [-0.2, -0.15) is 0 Å². The molecular weight excluding hydrogens is 390 g/mol. The number of benzene rings is 3. The second-order valence-electron chi connectivity index (χ2n) is 7.21. The van der Waals surface area contributed by atoms with Crippen molar-refractivity contribution in [2.75, 3.05) is 6.61 Å². The van der Waals surface area contributed by atoms with Crippen LogP contribution in [0.3, 0.4) is 0 Å². The molecule has 156 valence electrons. The second kappa shape index (κ2) is 9.26. The molecule has 1 amide bonds. The van der Waals surface area contributed by atoms with Gasteiger partial charge in [-0.1, -0.05) is 60.7 Å². The fourth-order valence-corrected chi connectivity index (χ4v) is 3.21. The van der Waals surface area contributed by atoms with E-state index in [2.05, 4.69) is 15.5 Å². The number of nitrogens with one attached hydrogen (secondary N) is 1. The van der Waals surface area contributed by atoms with Gasteiger partial charge in [-0.3, -0.25) is 4.79 Å². The van der Waals surface area contributed by atoms with Gasteiger partial charge in [0.05, 0.1) is 0 Å². The van der Waals surface area contributed by atoms with E-state index < -0.39 is 6.04 Å². The molecule has 6 heteroatoms. The molecule has 31 heavy (non-hydrogen) atoms. The molecule has 0 unspecified atom stereocenters. The van der Waals surface area contributed by atoms with Gasteiger partial charge in [-0.05, 0) is 48.7 Å². The Balaban J connectivity index is 1.53. The Kier molecular flexibility index (Phi) is 6.08. The molecule has 1 aromatic heterocycles. The molecule has 0 aliphatic heterocycles. The number of amides is 1. The van der Waals surface area contributed by atoms with Gasteiger partial charge in [-0.25, -0.2) is 0 Å². The number of carbonyl (C=O) groups excluding carboxylic acids is 1. The van der Waals surface area contributed by atoms with Crippen molar-refractivity contribution in [3.63, 3.8) is 0 Å². The van der Waals surface area contributed by atoms with Gasteiger partial charge in [0.2, 0.25) is 11.8 Å².